The van der Waals surface area contributed by atoms with E-state index in [2.05, 4.69) is 0 Å². The molecule has 0 aromatic heterocycles. The van der Waals surface area contributed by atoms with Crippen LogP contribution >= 0.6 is 0 Å². The summed E-state index contributed by atoms with van der Waals surface area (Å²) in [7, 11) is -10.5. The van der Waals surface area contributed by atoms with Crippen molar-refractivity contribution in [1.29, 1.82) is 0 Å². The molecular weight excluding hydrogens is 249 g/mol. The Morgan fingerprint density at radius 2 is 1.79 bits per heavy atom. The fourth-order valence-electron chi connectivity index (χ4n) is 0.390. The topological polar surface area (TPSA) is 95.8 Å². The third kappa shape index (κ3) is 3.77. The first-order valence-electron chi connectivity index (χ1n) is 3.08. The van der Waals surface area contributed by atoms with E-state index in [0.29, 0.717) is 0 Å². The lowest BCUT2D eigenvalue weighted by molar-refractivity contribution is -0.0435. The Kier molecular flexibility index (Phi) is 3.89. The summed E-state index contributed by atoms with van der Waals surface area (Å²) in [5, 5.41) is 0. The van der Waals surface area contributed by atoms with Gasteiger partial charge in [-0.25, -0.2) is 8.93 Å². The number of nitrogens with one attached hydrogen (secondary N) is 1. The molecule has 0 bridgehead atoms. The lowest BCUT2D eigenvalue weighted by Crippen LogP contribution is -2.27. The molecule has 0 radical (unpaired) electrons. The van der Waals surface area contributed by atoms with Crippen LogP contribution in [0.25, 0.3) is 0 Å². The Bertz CT molecular complexity index is 404. The number of halogens is 3. The van der Waals surface area contributed by atoms with Gasteiger partial charge in [0, 0.05) is 6.54 Å². The fraction of sp³-hybridized carbons (Fsp3) is 1.00. The van der Waals surface area contributed by atoms with Crippen molar-refractivity contribution in [2.75, 3.05) is 6.54 Å². The average Bonchev–Trinajstić information content (AvgIpc) is 1.80. The summed E-state index contributed by atoms with van der Waals surface area (Å²) in [6.07, 6.45) is 0. The van der Waals surface area contributed by atoms with Crippen molar-refractivity contribution in [3.63, 3.8) is 0 Å². The zero-order chi connectivity index (χ0) is 11.6. The van der Waals surface area contributed by atoms with E-state index in [4.69, 9.17) is 4.55 Å². The molecule has 86 valence electrons. The van der Waals surface area contributed by atoms with Crippen molar-refractivity contribution >= 4 is 20.2 Å². The number of sulfonamides is 1. The van der Waals surface area contributed by atoms with Crippen LogP contribution in [0.1, 0.15) is 6.92 Å². The molecule has 0 aliphatic rings. The molecule has 14 heavy (non-hydrogen) atoms. The monoisotopic (exact) mass is 256 g/mol. The van der Waals surface area contributed by atoms with Gasteiger partial charge in [-0.15, -0.1) is 0 Å². The van der Waals surface area contributed by atoms with Gasteiger partial charge < -0.3 is 0 Å². The molecule has 0 amide bonds. The van der Waals surface area contributed by atoms with E-state index in [1.54, 1.807) is 4.72 Å². The Morgan fingerprint density at radius 3 is 2.07 bits per heavy atom. The highest BCUT2D eigenvalue weighted by Crippen LogP contribution is 2.25. The second kappa shape index (κ2) is 4.00. The van der Waals surface area contributed by atoms with Crippen LogP contribution in [0.2, 0.25) is 0 Å². The molecule has 0 saturated carbocycles. The maximum Gasteiger partial charge on any atom is 0.519 e. The molecule has 0 heterocycles. The first kappa shape index (κ1) is 13.6. The van der Waals surface area contributed by atoms with Gasteiger partial charge in [0.1, 0.15) is 0 Å². The Balaban J connectivity index is 5.31. The van der Waals surface area contributed by atoms with Gasteiger partial charge in [-0.1, -0.05) is 10.7 Å². The van der Waals surface area contributed by atoms with E-state index in [1.807, 2.05) is 3.77 Å². The minimum absolute atomic E-state index is 0.202. The number of hydrogen-bond acceptors (Lipinski definition) is 3. The third-order valence-electron chi connectivity index (χ3n) is 0.824. The SMILES string of the molecule is CCNS(=O)(O)=NS(=O)(=O)C(F)(F)F. The lowest BCUT2D eigenvalue weighted by Gasteiger charge is -2.05. The number of nitrogens with zero attached hydrogens (tertiary/aromatic N) is 1. The molecule has 0 saturated heterocycles. The van der Waals surface area contributed by atoms with Crippen LogP contribution in [0.4, 0.5) is 13.2 Å². The first-order valence-corrected chi connectivity index (χ1v) is 6.00. The average molecular weight is 256 g/mol. The summed E-state index contributed by atoms with van der Waals surface area (Å²) in [5.74, 6) is 0. The van der Waals surface area contributed by atoms with Crippen LogP contribution in [0.3, 0.4) is 0 Å². The molecule has 0 aromatic rings. The fourth-order valence-corrected chi connectivity index (χ4v) is 2.38. The zero-order valence-electron chi connectivity index (χ0n) is 6.78. The quantitative estimate of drug-likeness (QED) is 0.759. The van der Waals surface area contributed by atoms with Crippen molar-refractivity contribution in [2.45, 2.75) is 12.4 Å². The van der Waals surface area contributed by atoms with Crippen molar-refractivity contribution in [3.8, 4) is 0 Å². The lowest BCUT2D eigenvalue weighted by atomic mass is 10.8. The Morgan fingerprint density at radius 1 is 1.36 bits per heavy atom. The highest BCUT2D eigenvalue weighted by atomic mass is 32.3. The van der Waals surface area contributed by atoms with Gasteiger partial charge in [-0.3, -0.25) is 4.55 Å². The number of alkyl halides is 3. The van der Waals surface area contributed by atoms with Gasteiger partial charge >= 0.3 is 15.5 Å². The molecule has 0 aromatic carbocycles. The minimum atomic E-state index is -5.94. The zero-order valence-corrected chi connectivity index (χ0v) is 8.41. The summed E-state index contributed by atoms with van der Waals surface area (Å²) in [5.41, 5.74) is -5.67. The first-order chi connectivity index (χ1) is 6.02. The highest BCUT2D eigenvalue weighted by Gasteiger charge is 2.47. The smallest absolute Gasteiger partial charge is 0.288 e. The molecule has 0 aliphatic heterocycles. The highest BCUT2D eigenvalue weighted by molar-refractivity contribution is 8.00. The van der Waals surface area contributed by atoms with Crippen molar-refractivity contribution < 1.29 is 30.4 Å². The van der Waals surface area contributed by atoms with E-state index in [-0.39, 0.29) is 6.54 Å². The summed E-state index contributed by atoms with van der Waals surface area (Å²) < 4.78 is 78.2. The van der Waals surface area contributed by atoms with Crippen LogP contribution in [0.15, 0.2) is 3.77 Å². The van der Waals surface area contributed by atoms with Crippen LogP contribution < -0.4 is 4.72 Å². The number of rotatable bonds is 3. The van der Waals surface area contributed by atoms with Crippen molar-refractivity contribution in [3.05, 3.63) is 0 Å². The van der Waals surface area contributed by atoms with E-state index < -0.39 is 25.7 Å². The standard InChI is InChI=1S/C3H7F3N2O4S2/c1-2-7-14(11,12)8-13(9,10)3(4,5)6/h2H2,1H3,(H2,7,8,11,12). The van der Waals surface area contributed by atoms with E-state index in [0.717, 1.165) is 0 Å². The molecule has 1 unspecified atom stereocenters. The largest absolute Gasteiger partial charge is 0.519 e. The summed E-state index contributed by atoms with van der Waals surface area (Å²) in [4.78, 5) is 0. The van der Waals surface area contributed by atoms with E-state index >= 15 is 0 Å². The van der Waals surface area contributed by atoms with Gasteiger partial charge in [0.05, 0.1) is 0 Å². The van der Waals surface area contributed by atoms with Crippen molar-refractivity contribution in [2.24, 2.45) is 3.77 Å². The van der Waals surface area contributed by atoms with Crippen LogP contribution in [-0.2, 0) is 20.2 Å². The predicted molar refractivity (Wildman–Crippen MR) is 41.9 cm³/mol. The summed E-state index contributed by atoms with van der Waals surface area (Å²) in [6, 6.07) is 0. The van der Waals surface area contributed by atoms with Gasteiger partial charge in [0.15, 0.2) is 0 Å². The minimum Gasteiger partial charge on any atom is -0.288 e. The van der Waals surface area contributed by atoms with Gasteiger partial charge in [-0.2, -0.15) is 21.6 Å². The van der Waals surface area contributed by atoms with Crippen LogP contribution in [-0.4, -0.2) is 29.2 Å². The molecule has 2 N–H and O–H groups in total. The molecule has 1 atom stereocenters. The molecule has 0 fully saturated rings. The van der Waals surface area contributed by atoms with E-state index in [9.17, 15) is 25.8 Å². The molecule has 6 nitrogen and oxygen atoms in total. The van der Waals surface area contributed by atoms with Crippen molar-refractivity contribution in [1.82, 2.24) is 4.72 Å². The molecule has 0 rings (SSSR count). The molecular formula is C3H7F3N2O4S2. The Hall–Kier alpha value is -0.390. The number of hydrogen-bond donors (Lipinski definition) is 2. The molecule has 0 aliphatic carbocycles. The second-order valence-electron chi connectivity index (χ2n) is 1.99. The predicted octanol–water partition coefficient (Wildman–Crippen LogP) is 0.302. The van der Waals surface area contributed by atoms with E-state index in [1.165, 1.54) is 6.92 Å². The van der Waals surface area contributed by atoms with Gasteiger partial charge in [0.25, 0.3) is 0 Å². The summed E-state index contributed by atoms with van der Waals surface area (Å²) in [6.45, 7) is 1.10. The van der Waals surface area contributed by atoms with Gasteiger partial charge in [-0.05, 0) is 0 Å². The van der Waals surface area contributed by atoms with Gasteiger partial charge in [0.2, 0.25) is 10.2 Å². The Labute approximate surface area is 78.7 Å². The van der Waals surface area contributed by atoms with Crippen LogP contribution in [0, 0.1) is 0 Å². The maximum absolute atomic E-state index is 11.7. The summed E-state index contributed by atoms with van der Waals surface area (Å²) >= 11 is 0. The normalized spacial score (nSPS) is 17.5. The molecule has 11 heteroatoms. The second-order valence-corrected chi connectivity index (χ2v) is 5.28. The molecule has 0 spiro atoms. The maximum atomic E-state index is 11.7. The van der Waals surface area contributed by atoms with Crippen LogP contribution in [0.5, 0.6) is 0 Å². The third-order valence-corrected chi connectivity index (χ3v) is 3.67.